The molecule has 3 rings (SSSR count). The highest BCUT2D eigenvalue weighted by molar-refractivity contribution is 6.11. The highest BCUT2D eigenvalue weighted by Gasteiger charge is 2.31. The minimum absolute atomic E-state index is 0.157. The molecule has 1 saturated carbocycles. The Bertz CT molecular complexity index is 668. The van der Waals surface area contributed by atoms with Crippen LogP contribution >= 0.6 is 0 Å². The summed E-state index contributed by atoms with van der Waals surface area (Å²) < 4.78 is 5.82. The van der Waals surface area contributed by atoms with Gasteiger partial charge in [-0.05, 0) is 30.9 Å². The van der Waals surface area contributed by atoms with Gasteiger partial charge in [0.15, 0.2) is 0 Å². The molecule has 0 aromatic heterocycles. The van der Waals surface area contributed by atoms with Crippen LogP contribution in [-0.2, 0) is 20.7 Å². The maximum Gasteiger partial charge on any atom is 0.261 e. The molecule has 1 aliphatic heterocycles. The van der Waals surface area contributed by atoms with E-state index < -0.39 is 5.91 Å². The summed E-state index contributed by atoms with van der Waals surface area (Å²) in [6, 6.07) is 7.03. The number of hydrogen-bond donors (Lipinski definition) is 1. The van der Waals surface area contributed by atoms with Gasteiger partial charge in [-0.2, -0.15) is 0 Å². The normalized spacial score (nSPS) is 17.9. The molecule has 0 bridgehead atoms. The largest absolute Gasteiger partial charge is 0.378 e. The van der Waals surface area contributed by atoms with E-state index in [0.717, 1.165) is 29.7 Å². The molecule has 0 spiro atoms. The molecular formula is C20H26N2O4. The van der Waals surface area contributed by atoms with Gasteiger partial charge in [-0.25, -0.2) is 0 Å². The van der Waals surface area contributed by atoms with Crippen LogP contribution in [0.4, 0.5) is 0 Å². The van der Waals surface area contributed by atoms with E-state index in [-0.39, 0.29) is 24.8 Å². The number of ether oxygens (including phenoxy) is 1. The van der Waals surface area contributed by atoms with E-state index in [1.807, 2.05) is 0 Å². The van der Waals surface area contributed by atoms with Gasteiger partial charge in [-0.15, -0.1) is 0 Å². The van der Waals surface area contributed by atoms with E-state index in [9.17, 15) is 14.4 Å². The van der Waals surface area contributed by atoms with E-state index in [1.165, 1.54) is 19.3 Å². The minimum Gasteiger partial charge on any atom is -0.378 e. The maximum absolute atomic E-state index is 12.4. The lowest BCUT2D eigenvalue weighted by molar-refractivity contribution is -0.133. The smallest absolute Gasteiger partial charge is 0.261 e. The third-order valence-corrected chi connectivity index (χ3v) is 4.99. The summed E-state index contributed by atoms with van der Waals surface area (Å²) in [5.41, 5.74) is 1.22. The summed E-state index contributed by atoms with van der Waals surface area (Å²) in [7, 11) is 0. The van der Waals surface area contributed by atoms with Gasteiger partial charge in [-0.3, -0.25) is 19.3 Å². The molecule has 2 aliphatic rings. The second-order valence-corrected chi connectivity index (χ2v) is 6.95. The Labute approximate surface area is 153 Å². The predicted octanol–water partition coefficient (Wildman–Crippen LogP) is 2.07. The van der Waals surface area contributed by atoms with E-state index in [0.29, 0.717) is 24.8 Å². The summed E-state index contributed by atoms with van der Waals surface area (Å²) in [5, 5.41) is 2.77. The molecule has 0 unspecified atom stereocenters. The van der Waals surface area contributed by atoms with Gasteiger partial charge in [0.2, 0.25) is 11.8 Å². The zero-order chi connectivity index (χ0) is 18.4. The molecule has 3 amide bonds. The van der Waals surface area contributed by atoms with Crippen LogP contribution in [0.15, 0.2) is 24.3 Å². The van der Waals surface area contributed by atoms with Crippen LogP contribution in [0.1, 0.15) is 54.4 Å². The Kier molecular flexibility index (Phi) is 6.39. The van der Waals surface area contributed by atoms with Crippen LogP contribution in [0.25, 0.3) is 0 Å². The number of carbonyl (C=O) groups excluding carboxylic acids is 3. The van der Waals surface area contributed by atoms with Crippen molar-refractivity contribution in [3.63, 3.8) is 0 Å². The highest BCUT2D eigenvalue weighted by Crippen LogP contribution is 2.20. The van der Waals surface area contributed by atoms with Crippen molar-refractivity contribution in [3.8, 4) is 0 Å². The highest BCUT2D eigenvalue weighted by atomic mass is 16.5. The molecule has 1 heterocycles. The monoisotopic (exact) mass is 358 g/mol. The number of rotatable bonds is 7. The Morgan fingerprint density at radius 3 is 2.73 bits per heavy atom. The first-order valence-corrected chi connectivity index (χ1v) is 9.46. The Morgan fingerprint density at radius 1 is 1.15 bits per heavy atom. The van der Waals surface area contributed by atoms with Crippen molar-refractivity contribution in [2.45, 2.75) is 51.0 Å². The molecule has 1 N–H and O–H groups in total. The standard InChI is InChI=1S/C20H26N2O4/c23-18(21-11-6-12-26-16-8-2-1-3-9-16)14-22-19(24)13-15-7-4-5-10-17(15)20(22)25/h4-5,7,10,16H,1-3,6,8-9,11-14H2,(H,21,23). The number of nitrogens with one attached hydrogen (secondary N) is 1. The summed E-state index contributed by atoms with van der Waals surface area (Å²) in [4.78, 5) is 37.7. The molecule has 6 heteroatoms. The van der Waals surface area contributed by atoms with Crippen LogP contribution in [0.2, 0.25) is 0 Å². The van der Waals surface area contributed by atoms with Gasteiger partial charge < -0.3 is 10.1 Å². The van der Waals surface area contributed by atoms with Crippen molar-refractivity contribution in [3.05, 3.63) is 35.4 Å². The van der Waals surface area contributed by atoms with E-state index in [1.54, 1.807) is 24.3 Å². The summed E-state index contributed by atoms with van der Waals surface area (Å²) >= 11 is 0. The molecule has 6 nitrogen and oxygen atoms in total. The molecule has 1 fully saturated rings. The second kappa shape index (κ2) is 8.94. The average Bonchev–Trinajstić information content (AvgIpc) is 2.66. The van der Waals surface area contributed by atoms with E-state index in [2.05, 4.69) is 5.32 Å². The Morgan fingerprint density at radius 2 is 1.92 bits per heavy atom. The fourth-order valence-corrected chi connectivity index (χ4v) is 3.54. The Hall–Kier alpha value is -2.21. The molecule has 0 saturated heterocycles. The van der Waals surface area contributed by atoms with Crippen LogP contribution in [0.5, 0.6) is 0 Å². The maximum atomic E-state index is 12.4. The van der Waals surface area contributed by atoms with Gasteiger partial charge in [0, 0.05) is 18.7 Å². The van der Waals surface area contributed by atoms with Crippen molar-refractivity contribution >= 4 is 17.7 Å². The van der Waals surface area contributed by atoms with Crippen molar-refractivity contribution in [1.29, 1.82) is 0 Å². The fraction of sp³-hybridized carbons (Fsp3) is 0.550. The van der Waals surface area contributed by atoms with Crippen molar-refractivity contribution in [2.75, 3.05) is 19.7 Å². The molecule has 1 aliphatic carbocycles. The lowest BCUT2D eigenvalue weighted by Gasteiger charge is -2.26. The van der Waals surface area contributed by atoms with Crippen LogP contribution in [0, 0.1) is 0 Å². The van der Waals surface area contributed by atoms with Gasteiger partial charge in [-0.1, -0.05) is 37.5 Å². The molecule has 140 valence electrons. The summed E-state index contributed by atoms with van der Waals surface area (Å²) in [5.74, 6) is -1.04. The van der Waals surface area contributed by atoms with E-state index in [4.69, 9.17) is 4.74 Å². The predicted molar refractivity (Wildman–Crippen MR) is 96.6 cm³/mol. The first-order valence-electron chi connectivity index (χ1n) is 9.46. The number of benzene rings is 1. The number of amides is 3. The van der Waals surface area contributed by atoms with Crippen LogP contribution in [-0.4, -0.2) is 48.4 Å². The average molecular weight is 358 g/mol. The molecule has 0 radical (unpaired) electrons. The molecule has 26 heavy (non-hydrogen) atoms. The topological polar surface area (TPSA) is 75.7 Å². The van der Waals surface area contributed by atoms with Gasteiger partial charge in [0.25, 0.3) is 5.91 Å². The van der Waals surface area contributed by atoms with E-state index >= 15 is 0 Å². The first kappa shape index (κ1) is 18.6. The molecule has 1 aromatic rings. The first-order chi connectivity index (χ1) is 12.6. The van der Waals surface area contributed by atoms with Gasteiger partial charge >= 0.3 is 0 Å². The third kappa shape index (κ3) is 4.69. The number of hydrogen-bond acceptors (Lipinski definition) is 4. The lowest BCUT2D eigenvalue weighted by atomic mass is 9.98. The number of fused-ring (bicyclic) bond motifs is 1. The second-order valence-electron chi connectivity index (χ2n) is 6.95. The summed E-state index contributed by atoms with van der Waals surface area (Å²) in [6.07, 6.45) is 7.29. The molecular weight excluding hydrogens is 332 g/mol. The van der Waals surface area contributed by atoms with Gasteiger partial charge in [0.1, 0.15) is 6.54 Å². The SMILES string of the molecule is O=C(CN1C(=O)Cc2ccccc2C1=O)NCCCOC1CCCCC1. The quantitative estimate of drug-likeness (QED) is 0.598. The molecule has 0 atom stereocenters. The molecule has 1 aromatic carbocycles. The van der Waals surface area contributed by atoms with Crippen molar-refractivity contribution < 1.29 is 19.1 Å². The minimum atomic E-state index is -0.396. The lowest BCUT2D eigenvalue weighted by Crippen LogP contribution is -2.47. The van der Waals surface area contributed by atoms with Crippen molar-refractivity contribution in [2.24, 2.45) is 0 Å². The Balaban J connectivity index is 1.39. The number of nitrogens with zero attached hydrogens (tertiary/aromatic N) is 1. The van der Waals surface area contributed by atoms with Crippen LogP contribution < -0.4 is 5.32 Å². The van der Waals surface area contributed by atoms with Gasteiger partial charge in [0.05, 0.1) is 12.5 Å². The number of imide groups is 1. The van der Waals surface area contributed by atoms with Crippen molar-refractivity contribution in [1.82, 2.24) is 10.2 Å². The fourth-order valence-electron chi connectivity index (χ4n) is 3.54. The summed E-state index contributed by atoms with van der Waals surface area (Å²) in [6.45, 7) is 0.883. The number of carbonyl (C=O) groups is 3. The zero-order valence-corrected chi connectivity index (χ0v) is 15.0. The third-order valence-electron chi connectivity index (χ3n) is 4.99. The van der Waals surface area contributed by atoms with Crippen LogP contribution in [0.3, 0.4) is 0 Å². The zero-order valence-electron chi connectivity index (χ0n) is 15.0.